The third-order valence-electron chi connectivity index (χ3n) is 3.94. The molecule has 0 saturated carbocycles. The summed E-state index contributed by atoms with van der Waals surface area (Å²) in [4.78, 5) is 24.2. The number of benzene rings is 2. The van der Waals surface area contributed by atoms with Crippen LogP contribution < -0.4 is 20.7 Å². The Bertz CT molecular complexity index is 773. The maximum Gasteiger partial charge on any atom is 0.251 e. The van der Waals surface area contributed by atoms with Gasteiger partial charge in [0.15, 0.2) is 0 Å². The van der Waals surface area contributed by atoms with E-state index < -0.39 is 0 Å². The number of para-hydroxylation sites is 2. The molecule has 2 rings (SSSR count). The maximum atomic E-state index is 12.3. The minimum atomic E-state index is -0.173. The first-order chi connectivity index (χ1) is 13.5. The van der Waals surface area contributed by atoms with Gasteiger partial charge >= 0.3 is 0 Å². The van der Waals surface area contributed by atoms with Gasteiger partial charge in [0.2, 0.25) is 5.91 Å². The Kier molecular flexibility index (Phi) is 8.34. The minimum Gasteiger partial charge on any atom is -0.491 e. The minimum absolute atomic E-state index is 0.0860. The van der Waals surface area contributed by atoms with Crippen LogP contribution in [0.4, 0.5) is 11.4 Å². The van der Waals surface area contributed by atoms with Gasteiger partial charge in [0.1, 0.15) is 5.75 Å². The first-order valence-corrected chi connectivity index (χ1v) is 9.66. The molecule has 0 spiro atoms. The molecule has 0 aliphatic carbocycles. The van der Waals surface area contributed by atoms with Gasteiger partial charge in [0, 0.05) is 17.3 Å². The highest BCUT2D eigenvalue weighted by atomic mass is 16.5. The topological polar surface area (TPSA) is 79.5 Å². The molecule has 3 N–H and O–H groups in total. The molecule has 0 aliphatic heterocycles. The standard InChI is InChI=1S/C22H29N3O3/c1-4-5-14-28-20-9-7-6-8-19(20)25-21(26)15-23-18-12-10-17(11-13-18)22(27)24-16(2)3/h6-13,16,23H,4-5,14-15H2,1-3H3,(H,24,27)(H,25,26). The van der Waals surface area contributed by atoms with Crippen LogP contribution in [0.3, 0.4) is 0 Å². The Hall–Kier alpha value is -3.02. The van der Waals surface area contributed by atoms with Crippen molar-refractivity contribution in [3.63, 3.8) is 0 Å². The van der Waals surface area contributed by atoms with Crippen molar-refractivity contribution in [3.8, 4) is 5.75 Å². The second-order valence-electron chi connectivity index (χ2n) is 6.81. The molecule has 0 radical (unpaired) electrons. The molecule has 0 fully saturated rings. The van der Waals surface area contributed by atoms with Crippen molar-refractivity contribution >= 4 is 23.2 Å². The number of hydrogen-bond acceptors (Lipinski definition) is 4. The zero-order valence-corrected chi connectivity index (χ0v) is 16.7. The van der Waals surface area contributed by atoms with E-state index in [1.165, 1.54) is 0 Å². The van der Waals surface area contributed by atoms with Gasteiger partial charge in [-0.15, -0.1) is 0 Å². The third-order valence-corrected chi connectivity index (χ3v) is 3.94. The molecular formula is C22H29N3O3. The highest BCUT2D eigenvalue weighted by molar-refractivity contribution is 5.96. The van der Waals surface area contributed by atoms with Crippen LogP contribution in [0.5, 0.6) is 5.75 Å². The number of anilines is 2. The van der Waals surface area contributed by atoms with E-state index in [9.17, 15) is 9.59 Å². The van der Waals surface area contributed by atoms with Gasteiger partial charge in [-0.1, -0.05) is 25.5 Å². The monoisotopic (exact) mass is 383 g/mol. The maximum absolute atomic E-state index is 12.3. The number of ether oxygens (including phenoxy) is 1. The van der Waals surface area contributed by atoms with Crippen LogP contribution in [0.1, 0.15) is 44.0 Å². The van der Waals surface area contributed by atoms with Crippen LogP contribution in [0, 0.1) is 0 Å². The van der Waals surface area contributed by atoms with E-state index in [1.54, 1.807) is 24.3 Å². The molecule has 0 atom stereocenters. The van der Waals surface area contributed by atoms with Gasteiger partial charge < -0.3 is 20.7 Å². The molecule has 0 aromatic heterocycles. The molecule has 2 amide bonds. The smallest absolute Gasteiger partial charge is 0.251 e. The largest absolute Gasteiger partial charge is 0.491 e. The van der Waals surface area contributed by atoms with E-state index in [1.807, 2.05) is 38.1 Å². The lowest BCUT2D eigenvalue weighted by atomic mass is 10.2. The Balaban J connectivity index is 1.87. The molecule has 0 bridgehead atoms. The predicted octanol–water partition coefficient (Wildman–Crippen LogP) is 4.05. The van der Waals surface area contributed by atoms with Crippen molar-refractivity contribution in [1.29, 1.82) is 0 Å². The average Bonchev–Trinajstić information content (AvgIpc) is 2.68. The van der Waals surface area contributed by atoms with Gasteiger partial charge in [0.05, 0.1) is 18.8 Å². The van der Waals surface area contributed by atoms with Crippen molar-refractivity contribution in [3.05, 3.63) is 54.1 Å². The number of unbranched alkanes of at least 4 members (excludes halogenated alkanes) is 1. The second-order valence-corrected chi connectivity index (χ2v) is 6.81. The lowest BCUT2D eigenvalue weighted by Gasteiger charge is -2.13. The number of carbonyl (C=O) groups excluding carboxylic acids is 2. The van der Waals surface area contributed by atoms with E-state index in [2.05, 4.69) is 22.9 Å². The van der Waals surface area contributed by atoms with Gasteiger partial charge in [-0.2, -0.15) is 0 Å². The molecule has 150 valence electrons. The number of nitrogens with one attached hydrogen (secondary N) is 3. The molecule has 2 aromatic carbocycles. The van der Waals surface area contributed by atoms with E-state index in [-0.39, 0.29) is 24.4 Å². The summed E-state index contributed by atoms with van der Waals surface area (Å²) >= 11 is 0. The zero-order chi connectivity index (χ0) is 20.4. The summed E-state index contributed by atoms with van der Waals surface area (Å²) in [6, 6.07) is 14.5. The summed E-state index contributed by atoms with van der Waals surface area (Å²) in [7, 11) is 0. The predicted molar refractivity (Wildman–Crippen MR) is 113 cm³/mol. The second kappa shape index (κ2) is 11.0. The van der Waals surface area contributed by atoms with Crippen LogP contribution >= 0.6 is 0 Å². The van der Waals surface area contributed by atoms with Crippen LogP contribution in [0.25, 0.3) is 0 Å². The molecule has 0 saturated heterocycles. The van der Waals surface area contributed by atoms with Crippen molar-refractivity contribution in [1.82, 2.24) is 5.32 Å². The van der Waals surface area contributed by atoms with Gasteiger partial charge in [-0.25, -0.2) is 0 Å². The van der Waals surface area contributed by atoms with Gasteiger partial charge in [-0.05, 0) is 56.7 Å². The summed E-state index contributed by atoms with van der Waals surface area (Å²) < 4.78 is 5.73. The fraction of sp³-hybridized carbons (Fsp3) is 0.364. The molecule has 0 unspecified atom stereocenters. The van der Waals surface area contributed by atoms with Gasteiger partial charge in [-0.3, -0.25) is 9.59 Å². The van der Waals surface area contributed by atoms with E-state index in [4.69, 9.17) is 4.74 Å². The van der Waals surface area contributed by atoms with Crippen molar-refractivity contribution in [2.45, 2.75) is 39.7 Å². The summed E-state index contributed by atoms with van der Waals surface area (Å²) in [6.07, 6.45) is 2.02. The molecule has 2 aromatic rings. The van der Waals surface area contributed by atoms with Crippen molar-refractivity contribution in [2.75, 3.05) is 23.8 Å². The first kappa shape index (κ1) is 21.3. The van der Waals surface area contributed by atoms with Crippen molar-refractivity contribution in [2.24, 2.45) is 0 Å². The lowest BCUT2D eigenvalue weighted by molar-refractivity contribution is -0.114. The summed E-state index contributed by atoms with van der Waals surface area (Å²) in [5.74, 6) is 0.386. The van der Waals surface area contributed by atoms with Gasteiger partial charge in [0.25, 0.3) is 5.91 Å². The average molecular weight is 383 g/mol. The van der Waals surface area contributed by atoms with Crippen LogP contribution in [-0.2, 0) is 4.79 Å². The summed E-state index contributed by atoms with van der Waals surface area (Å²) in [5, 5.41) is 8.77. The van der Waals surface area contributed by atoms with E-state index in [0.29, 0.717) is 23.6 Å². The first-order valence-electron chi connectivity index (χ1n) is 9.66. The molecule has 6 nitrogen and oxygen atoms in total. The van der Waals surface area contributed by atoms with Crippen molar-refractivity contribution < 1.29 is 14.3 Å². The SMILES string of the molecule is CCCCOc1ccccc1NC(=O)CNc1ccc(C(=O)NC(C)C)cc1. The third kappa shape index (κ3) is 6.95. The normalized spacial score (nSPS) is 10.4. The molecule has 0 aliphatic rings. The highest BCUT2D eigenvalue weighted by Gasteiger charge is 2.09. The Morgan fingerprint density at radius 3 is 2.43 bits per heavy atom. The Morgan fingerprint density at radius 2 is 1.75 bits per heavy atom. The summed E-state index contributed by atoms with van der Waals surface area (Å²) in [6.45, 7) is 6.67. The Morgan fingerprint density at radius 1 is 1.04 bits per heavy atom. The molecule has 28 heavy (non-hydrogen) atoms. The molecule has 6 heteroatoms. The van der Waals surface area contributed by atoms with E-state index in [0.717, 1.165) is 18.5 Å². The fourth-order valence-corrected chi connectivity index (χ4v) is 2.48. The fourth-order valence-electron chi connectivity index (χ4n) is 2.48. The van der Waals surface area contributed by atoms with E-state index >= 15 is 0 Å². The summed E-state index contributed by atoms with van der Waals surface area (Å²) in [5.41, 5.74) is 2.01. The number of rotatable bonds is 10. The Labute approximate surface area is 166 Å². The van der Waals surface area contributed by atoms with Crippen LogP contribution in [-0.4, -0.2) is 31.0 Å². The van der Waals surface area contributed by atoms with Crippen LogP contribution in [0.15, 0.2) is 48.5 Å². The molecule has 0 heterocycles. The van der Waals surface area contributed by atoms with Crippen LogP contribution in [0.2, 0.25) is 0 Å². The quantitative estimate of drug-likeness (QED) is 0.541. The molecular weight excluding hydrogens is 354 g/mol. The zero-order valence-electron chi connectivity index (χ0n) is 16.7. The number of hydrogen-bond donors (Lipinski definition) is 3. The number of amides is 2. The number of carbonyl (C=O) groups is 2. The highest BCUT2D eigenvalue weighted by Crippen LogP contribution is 2.24. The lowest BCUT2D eigenvalue weighted by Crippen LogP contribution is -2.30.